The molecule has 1 aromatic rings. The molecule has 8 nitrogen and oxygen atoms in total. The molecule has 0 spiro atoms. The van der Waals surface area contributed by atoms with Gasteiger partial charge in [0.15, 0.2) is 5.60 Å². The second-order valence-corrected chi connectivity index (χ2v) is 8.96. The van der Waals surface area contributed by atoms with Gasteiger partial charge in [0.1, 0.15) is 19.3 Å². The Kier molecular flexibility index (Phi) is 9.67. The van der Waals surface area contributed by atoms with Crippen LogP contribution in [0.3, 0.4) is 0 Å². The van der Waals surface area contributed by atoms with E-state index >= 15 is 0 Å². The molecule has 8 heteroatoms. The van der Waals surface area contributed by atoms with Crippen LogP contribution in [0.1, 0.15) is 44.7 Å². The average molecular weight is 463 g/mol. The topological polar surface area (TPSA) is 79.4 Å². The maximum absolute atomic E-state index is 13.3. The van der Waals surface area contributed by atoms with Gasteiger partial charge in [-0.05, 0) is 44.1 Å². The molecule has 0 aromatic carbocycles. The van der Waals surface area contributed by atoms with Crippen LogP contribution >= 0.6 is 0 Å². The van der Waals surface area contributed by atoms with Gasteiger partial charge in [-0.2, -0.15) is 0 Å². The zero-order chi connectivity index (χ0) is 23.7. The van der Waals surface area contributed by atoms with Gasteiger partial charge in [-0.15, -0.1) is 6.58 Å². The molecule has 0 radical (unpaired) electrons. The predicted octanol–water partition coefficient (Wildman–Crippen LogP) is 3.35. The first-order chi connectivity index (χ1) is 16.0. The molecule has 2 atom stereocenters. The SMILES string of the molecule is C=CCCOC[C@@H]1N(COC)C(=O)[C@]1(Cc1cc(OC2CCC(C)CC2)ccn1)OCOC. The van der Waals surface area contributed by atoms with E-state index in [0.717, 1.165) is 36.6 Å². The Labute approximate surface area is 197 Å². The summed E-state index contributed by atoms with van der Waals surface area (Å²) in [6.07, 6.45) is 9.29. The van der Waals surface area contributed by atoms with Gasteiger partial charge in [-0.3, -0.25) is 9.78 Å². The number of pyridine rings is 1. The Morgan fingerprint density at radius 1 is 1.24 bits per heavy atom. The number of carbonyl (C=O) groups is 1. The van der Waals surface area contributed by atoms with Crippen LogP contribution in [0, 0.1) is 5.92 Å². The predicted molar refractivity (Wildman–Crippen MR) is 124 cm³/mol. The van der Waals surface area contributed by atoms with E-state index in [0.29, 0.717) is 19.6 Å². The monoisotopic (exact) mass is 462 g/mol. The fraction of sp³-hybridized carbons (Fsp3) is 0.680. The minimum absolute atomic E-state index is 0.00777. The van der Waals surface area contributed by atoms with Crippen molar-refractivity contribution in [1.82, 2.24) is 9.88 Å². The quantitative estimate of drug-likeness (QED) is 0.182. The van der Waals surface area contributed by atoms with E-state index < -0.39 is 5.60 Å². The molecule has 2 heterocycles. The molecule has 1 saturated carbocycles. The Balaban J connectivity index is 1.75. The first-order valence-electron chi connectivity index (χ1n) is 11.8. The summed E-state index contributed by atoms with van der Waals surface area (Å²) < 4.78 is 28.5. The third-order valence-electron chi connectivity index (χ3n) is 6.48. The van der Waals surface area contributed by atoms with Gasteiger partial charge < -0.3 is 28.6 Å². The highest BCUT2D eigenvalue weighted by Crippen LogP contribution is 2.38. The number of likely N-dealkylation sites (tertiary alicyclic amines) is 1. The number of rotatable bonds is 14. The molecule has 1 aliphatic heterocycles. The highest BCUT2D eigenvalue weighted by Gasteiger charge is 2.62. The lowest BCUT2D eigenvalue weighted by Crippen LogP contribution is -2.77. The largest absolute Gasteiger partial charge is 0.490 e. The van der Waals surface area contributed by atoms with E-state index in [9.17, 15) is 4.79 Å². The number of carbonyl (C=O) groups excluding carboxylic acids is 1. The summed E-state index contributed by atoms with van der Waals surface area (Å²) in [6, 6.07) is 3.47. The van der Waals surface area contributed by atoms with E-state index in [2.05, 4.69) is 18.5 Å². The number of methoxy groups -OCH3 is 2. The second-order valence-electron chi connectivity index (χ2n) is 8.96. The number of hydrogen-bond donors (Lipinski definition) is 0. The molecule has 1 amide bonds. The van der Waals surface area contributed by atoms with E-state index in [1.807, 2.05) is 12.1 Å². The van der Waals surface area contributed by atoms with Crippen LogP contribution in [-0.4, -0.2) is 74.5 Å². The minimum Gasteiger partial charge on any atom is -0.490 e. The Hall–Kier alpha value is -2.00. The molecule has 0 N–H and O–H groups in total. The molecule has 2 fully saturated rings. The van der Waals surface area contributed by atoms with Crippen LogP contribution in [0.2, 0.25) is 0 Å². The maximum atomic E-state index is 13.3. The first kappa shape index (κ1) is 25.6. The second kappa shape index (κ2) is 12.5. The van der Waals surface area contributed by atoms with Crippen LogP contribution in [0.4, 0.5) is 0 Å². The highest BCUT2D eigenvalue weighted by molar-refractivity contribution is 5.93. The molecular weight excluding hydrogens is 424 g/mol. The van der Waals surface area contributed by atoms with Gasteiger partial charge in [0.25, 0.3) is 5.91 Å². The summed E-state index contributed by atoms with van der Waals surface area (Å²) in [5, 5.41) is 0. The van der Waals surface area contributed by atoms with E-state index in [1.54, 1.807) is 24.3 Å². The molecule has 1 aromatic heterocycles. The van der Waals surface area contributed by atoms with Gasteiger partial charge >= 0.3 is 0 Å². The standard InChI is InChI=1S/C25H38N2O6/c1-5-6-13-31-16-23-25(32-18-30-4,24(28)27(23)17-29-3)15-20-14-22(11-12-26-20)33-21-9-7-19(2)8-10-21/h5,11-12,14,19,21,23H,1,6-10,13,15-18H2,2-4H3/t19?,21?,23-,25+/m0/s1. The van der Waals surface area contributed by atoms with Crippen LogP contribution in [0.5, 0.6) is 5.75 Å². The van der Waals surface area contributed by atoms with Crippen LogP contribution in [0.15, 0.2) is 31.0 Å². The zero-order valence-electron chi connectivity index (χ0n) is 20.2. The molecular formula is C25H38N2O6. The Morgan fingerprint density at radius 3 is 2.73 bits per heavy atom. The Morgan fingerprint density at radius 2 is 2.03 bits per heavy atom. The van der Waals surface area contributed by atoms with E-state index in [1.165, 1.54) is 20.0 Å². The number of hydrogen-bond acceptors (Lipinski definition) is 7. The number of amides is 1. The lowest BCUT2D eigenvalue weighted by atomic mass is 9.78. The zero-order valence-corrected chi connectivity index (χ0v) is 20.2. The molecule has 184 valence electrons. The number of ether oxygens (including phenoxy) is 5. The van der Waals surface area contributed by atoms with Gasteiger partial charge in [0.2, 0.25) is 0 Å². The lowest BCUT2D eigenvalue weighted by Gasteiger charge is -2.54. The fourth-order valence-electron chi connectivity index (χ4n) is 4.59. The van der Waals surface area contributed by atoms with Crippen LogP contribution in [-0.2, 0) is 30.2 Å². The summed E-state index contributed by atoms with van der Waals surface area (Å²) in [7, 11) is 3.10. The Bertz CT molecular complexity index is 767. The molecule has 0 bridgehead atoms. The number of nitrogens with zero attached hydrogens (tertiary/aromatic N) is 2. The van der Waals surface area contributed by atoms with Crippen molar-refractivity contribution in [1.29, 1.82) is 0 Å². The van der Waals surface area contributed by atoms with Gasteiger partial charge in [0, 0.05) is 38.6 Å². The first-order valence-corrected chi connectivity index (χ1v) is 11.8. The van der Waals surface area contributed by atoms with Gasteiger partial charge in [0.05, 0.1) is 25.4 Å². The normalized spacial score (nSPS) is 27.3. The summed E-state index contributed by atoms with van der Waals surface area (Å²) >= 11 is 0. The smallest absolute Gasteiger partial charge is 0.259 e. The van der Waals surface area contributed by atoms with Crippen molar-refractivity contribution in [2.24, 2.45) is 5.92 Å². The summed E-state index contributed by atoms with van der Waals surface area (Å²) in [5.74, 6) is 1.38. The number of aromatic nitrogens is 1. The summed E-state index contributed by atoms with van der Waals surface area (Å²) in [4.78, 5) is 19.4. The van der Waals surface area contributed by atoms with Crippen molar-refractivity contribution in [3.63, 3.8) is 0 Å². The average Bonchev–Trinajstić information content (AvgIpc) is 2.82. The van der Waals surface area contributed by atoms with Crippen LogP contribution < -0.4 is 4.74 Å². The fourth-order valence-corrected chi connectivity index (χ4v) is 4.59. The van der Waals surface area contributed by atoms with Crippen molar-refractivity contribution in [3.8, 4) is 5.75 Å². The lowest BCUT2D eigenvalue weighted by molar-refractivity contribution is -0.239. The summed E-state index contributed by atoms with van der Waals surface area (Å²) in [5.41, 5.74) is -0.400. The van der Waals surface area contributed by atoms with Crippen molar-refractivity contribution in [2.45, 2.75) is 63.2 Å². The number of β-lactam (4-membered cyclic amide) rings is 1. The van der Waals surface area contributed by atoms with Crippen molar-refractivity contribution >= 4 is 5.91 Å². The minimum atomic E-state index is -1.13. The summed E-state index contributed by atoms with van der Waals surface area (Å²) in [6.45, 7) is 7.02. The van der Waals surface area contributed by atoms with Gasteiger partial charge in [-0.1, -0.05) is 13.0 Å². The van der Waals surface area contributed by atoms with E-state index in [-0.39, 0.29) is 31.6 Å². The van der Waals surface area contributed by atoms with Crippen molar-refractivity contribution in [2.75, 3.05) is 41.0 Å². The molecule has 1 saturated heterocycles. The molecule has 2 aliphatic rings. The van der Waals surface area contributed by atoms with Crippen molar-refractivity contribution < 1.29 is 28.5 Å². The molecule has 0 unspecified atom stereocenters. The van der Waals surface area contributed by atoms with Gasteiger partial charge in [-0.25, -0.2) is 0 Å². The molecule has 1 aliphatic carbocycles. The third kappa shape index (κ3) is 6.32. The van der Waals surface area contributed by atoms with Crippen molar-refractivity contribution in [3.05, 3.63) is 36.7 Å². The maximum Gasteiger partial charge on any atom is 0.259 e. The molecule has 3 rings (SSSR count). The van der Waals surface area contributed by atoms with Crippen LogP contribution in [0.25, 0.3) is 0 Å². The molecule has 33 heavy (non-hydrogen) atoms. The third-order valence-corrected chi connectivity index (χ3v) is 6.48. The highest BCUT2D eigenvalue weighted by atomic mass is 16.7. The van der Waals surface area contributed by atoms with E-state index in [4.69, 9.17) is 23.7 Å².